The van der Waals surface area contributed by atoms with Crippen LogP contribution in [-0.2, 0) is 16.1 Å². The number of para-hydroxylation sites is 1. The SMILES string of the molecule is O=C(Nc1nc2ccc(NC(=O)[C@@H]3CCC[C@H](NCc4ccc5ccccc5n4)C3)cc2s1)C1CCCC1. The summed E-state index contributed by atoms with van der Waals surface area (Å²) >= 11 is 1.46. The van der Waals surface area contributed by atoms with E-state index in [2.05, 4.69) is 39.1 Å². The number of nitrogens with zero attached hydrogens (tertiary/aromatic N) is 2. The second kappa shape index (κ2) is 11.2. The van der Waals surface area contributed by atoms with Gasteiger partial charge in [0.05, 0.1) is 21.4 Å². The molecule has 0 spiro atoms. The Kier molecular flexibility index (Phi) is 7.33. The quantitative estimate of drug-likeness (QED) is 0.264. The molecule has 0 bridgehead atoms. The van der Waals surface area contributed by atoms with E-state index >= 15 is 0 Å². The van der Waals surface area contributed by atoms with E-state index in [1.807, 2.05) is 36.4 Å². The molecule has 2 heterocycles. The van der Waals surface area contributed by atoms with Gasteiger partial charge in [0, 0.05) is 35.5 Å². The molecule has 0 unspecified atom stereocenters. The van der Waals surface area contributed by atoms with Gasteiger partial charge in [-0.05, 0) is 62.4 Å². The number of anilines is 2. The maximum atomic E-state index is 13.1. The number of pyridine rings is 1. The van der Waals surface area contributed by atoms with Gasteiger partial charge in [0.1, 0.15) is 0 Å². The number of hydrogen-bond donors (Lipinski definition) is 3. The monoisotopic (exact) mass is 527 g/mol. The number of amides is 2. The first-order chi connectivity index (χ1) is 18.6. The van der Waals surface area contributed by atoms with Gasteiger partial charge in [-0.25, -0.2) is 4.98 Å². The van der Waals surface area contributed by atoms with E-state index < -0.39 is 0 Å². The maximum Gasteiger partial charge on any atom is 0.229 e. The molecule has 2 saturated carbocycles. The average molecular weight is 528 g/mol. The Morgan fingerprint density at radius 2 is 1.63 bits per heavy atom. The highest BCUT2D eigenvalue weighted by atomic mass is 32.1. The summed E-state index contributed by atoms with van der Waals surface area (Å²) < 4.78 is 0.954. The number of rotatable bonds is 7. The fourth-order valence-corrected chi connectivity index (χ4v) is 6.67. The van der Waals surface area contributed by atoms with Gasteiger partial charge in [0.25, 0.3) is 0 Å². The van der Waals surface area contributed by atoms with Crippen LogP contribution in [0.1, 0.15) is 57.1 Å². The molecular formula is C30H33N5O2S. The zero-order chi connectivity index (χ0) is 25.9. The van der Waals surface area contributed by atoms with Gasteiger partial charge in [-0.15, -0.1) is 0 Å². The lowest BCUT2D eigenvalue weighted by atomic mass is 9.85. The van der Waals surface area contributed by atoms with Crippen molar-refractivity contribution in [2.45, 2.75) is 64.0 Å². The first-order valence-electron chi connectivity index (χ1n) is 13.7. The first kappa shape index (κ1) is 24.9. The number of aromatic nitrogens is 2. The van der Waals surface area contributed by atoms with Crippen LogP contribution < -0.4 is 16.0 Å². The van der Waals surface area contributed by atoms with Crippen LogP contribution in [-0.4, -0.2) is 27.8 Å². The Hall–Kier alpha value is -3.36. The van der Waals surface area contributed by atoms with Crippen molar-refractivity contribution in [3.05, 3.63) is 60.3 Å². The molecular weight excluding hydrogens is 494 g/mol. The fourth-order valence-electron chi connectivity index (χ4n) is 5.76. The van der Waals surface area contributed by atoms with Crippen molar-refractivity contribution in [1.82, 2.24) is 15.3 Å². The molecule has 38 heavy (non-hydrogen) atoms. The van der Waals surface area contributed by atoms with E-state index in [0.29, 0.717) is 17.7 Å². The molecule has 2 amide bonds. The van der Waals surface area contributed by atoms with Crippen LogP contribution in [0.15, 0.2) is 54.6 Å². The Bertz CT molecular complexity index is 1460. The Balaban J connectivity index is 1.04. The zero-order valence-corrected chi connectivity index (χ0v) is 22.2. The van der Waals surface area contributed by atoms with Gasteiger partial charge in [-0.3, -0.25) is 14.6 Å². The van der Waals surface area contributed by atoms with E-state index in [4.69, 9.17) is 4.98 Å². The lowest BCUT2D eigenvalue weighted by Gasteiger charge is -2.29. The minimum Gasteiger partial charge on any atom is -0.326 e. The number of hydrogen-bond acceptors (Lipinski definition) is 6. The minimum atomic E-state index is -0.0239. The van der Waals surface area contributed by atoms with Crippen molar-refractivity contribution < 1.29 is 9.59 Å². The van der Waals surface area contributed by atoms with E-state index in [-0.39, 0.29) is 23.7 Å². The molecule has 2 aromatic heterocycles. The molecule has 0 radical (unpaired) electrons. The second-order valence-electron chi connectivity index (χ2n) is 10.6. The van der Waals surface area contributed by atoms with Crippen LogP contribution in [0.5, 0.6) is 0 Å². The molecule has 2 fully saturated rings. The summed E-state index contributed by atoms with van der Waals surface area (Å²) in [6.07, 6.45) is 7.99. The topological polar surface area (TPSA) is 96.0 Å². The molecule has 4 aromatic rings. The van der Waals surface area contributed by atoms with Crippen molar-refractivity contribution in [3.63, 3.8) is 0 Å². The third-order valence-electron chi connectivity index (χ3n) is 7.89. The summed E-state index contributed by atoms with van der Waals surface area (Å²) in [5, 5.41) is 11.5. The van der Waals surface area contributed by atoms with Crippen LogP contribution in [0.2, 0.25) is 0 Å². The highest BCUT2D eigenvalue weighted by molar-refractivity contribution is 7.22. The number of nitrogens with one attached hydrogen (secondary N) is 3. The molecule has 0 aliphatic heterocycles. The second-order valence-corrected chi connectivity index (χ2v) is 11.6. The van der Waals surface area contributed by atoms with E-state index in [9.17, 15) is 9.59 Å². The Morgan fingerprint density at radius 3 is 2.53 bits per heavy atom. The number of benzene rings is 2. The van der Waals surface area contributed by atoms with E-state index in [1.54, 1.807) is 0 Å². The van der Waals surface area contributed by atoms with Crippen molar-refractivity contribution in [2.75, 3.05) is 10.6 Å². The number of fused-ring (bicyclic) bond motifs is 2. The maximum absolute atomic E-state index is 13.1. The van der Waals surface area contributed by atoms with Crippen molar-refractivity contribution >= 4 is 55.1 Å². The normalized spacial score (nSPS) is 20.1. The fraction of sp³-hybridized carbons (Fsp3) is 0.400. The third kappa shape index (κ3) is 5.71. The average Bonchev–Trinajstić information content (AvgIpc) is 3.62. The van der Waals surface area contributed by atoms with Crippen LogP contribution >= 0.6 is 11.3 Å². The molecule has 8 heteroatoms. The number of carbonyl (C=O) groups is 2. The predicted molar refractivity (Wildman–Crippen MR) is 153 cm³/mol. The molecule has 2 aromatic carbocycles. The van der Waals surface area contributed by atoms with Gasteiger partial charge in [0.15, 0.2) is 5.13 Å². The van der Waals surface area contributed by atoms with Crippen LogP contribution in [0.3, 0.4) is 0 Å². The largest absolute Gasteiger partial charge is 0.326 e. The Morgan fingerprint density at radius 1 is 0.816 bits per heavy atom. The molecule has 6 rings (SSSR count). The molecule has 7 nitrogen and oxygen atoms in total. The van der Waals surface area contributed by atoms with Gasteiger partial charge in [0.2, 0.25) is 11.8 Å². The smallest absolute Gasteiger partial charge is 0.229 e. The summed E-state index contributed by atoms with van der Waals surface area (Å²) in [4.78, 5) is 35.0. The standard InChI is InChI=1S/C30H33N5O2S/c36-28(20-7-1-2-8-20)35-30-34-26-15-14-23(17-27(26)38-30)33-29(37)21-9-5-10-22(16-21)31-18-24-13-12-19-6-3-4-11-25(19)32-24/h3-4,6,11-15,17,20-22,31H,1-2,5,7-10,16,18H2,(H,33,37)(H,34,35,36)/t21-,22+/m1/s1. The number of thiazole rings is 1. The van der Waals surface area contributed by atoms with Crippen LogP contribution in [0.4, 0.5) is 10.8 Å². The molecule has 3 N–H and O–H groups in total. The summed E-state index contributed by atoms with van der Waals surface area (Å²) in [7, 11) is 0. The molecule has 0 saturated heterocycles. The van der Waals surface area contributed by atoms with Crippen LogP contribution in [0.25, 0.3) is 21.1 Å². The lowest BCUT2D eigenvalue weighted by molar-refractivity contribution is -0.121. The van der Waals surface area contributed by atoms with E-state index in [1.165, 1.54) is 11.3 Å². The van der Waals surface area contributed by atoms with Crippen LogP contribution in [0, 0.1) is 11.8 Å². The lowest BCUT2D eigenvalue weighted by Crippen LogP contribution is -2.37. The first-order valence-corrected chi connectivity index (χ1v) is 14.5. The zero-order valence-electron chi connectivity index (χ0n) is 21.4. The highest BCUT2D eigenvalue weighted by Gasteiger charge is 2.27. The van der Waals surface area contributed by atoms with Crippen molar-refractivity contribution in [2.24, 2.45) is 11.8 Å². The molecule has 196 valence electrons. The highest BCUT2D eigenvalue weighted by Crippen LogP contribution is 2.32. The minimum absolute atomic E-state index is 0.0239. The molecule has 2 aliphatic carbocycles. The van der Waals surface area contributed by atoms with Crippen molar-refractivity contribution in [3.8, 4) is 0 Å². The molecule has 2 atom stereocenters. The van der Waals surface area contributed by atoms with Gasteiger partial charge in [-0.1, -0.05) is 54.9 Å². The molecule has 2 aliphatic rings. The number of carbonyl (C=O) groups excluding carboxylic acids is 2. The summed E-state index contributed by atoms with van der Waals surface area (Å²) in [6, 6.07) is 18.4. The van der Waals surface area contributed by atoms with Crippen molar-refractivity contribution in [1.29, 1.82) is 0 Å². The van der Waals surface area contributed by atoms with Gasteiger partial charge < -0.3 is 16.0 Å². The van der Waals surface area contributed by atoms with Gasteiger partial charge in [-0.2, -0.15) is 0 Å². The Labute approximate surface area is 226 Å². The summed E-state index contributed by atoms with van der Waals surface area (Å²) in [5.74, 6) is 0.227. The van der Waals surface area contributed by atoms with E-state index in [0.717, 1.165) is 83.9 Å². The summed E-state index contributed by atoms with van der Waals surface area (Å²) in [5.41, 5.74) is 3.63. The third-order valence-corrected chi connectivity index (χ3v) is 8.82. The predicted octanol–water partition coefficient (Wildman–Crippen LogP) is 6.26. The van der Waals surface area contributed by atoms with Gasteiger partial charge >= 0.3 is 0 Å². The summed E-state index contributed by atoms with van der Waals surface area (Å²) in [6.45, 7) is 0.700.